The minimum absolute atomic E-state index is 0.0417. The molecule has 0 amide bonds. The lowest BCUT2D eigenvalue weighted by molar-refractivity contribution is -0.123. The van der Waals surface area contributed by atoms with E-state index in [0.717, 1.165) is 6.42 Å². The first kappa shape index (κ1) is 18.2. The molecule has 0 saturated carbocycles. The van der Waals surface area contributed by atoms with Crippen molar-refractivity contribution in [2.75, 3.05) is 0 Å². The van der Waals surface area contributed by atoms with Crippen LogP contribution in [0.25, 0.3) is 0 Å². The zero-order chi connectivity index (χ0) is 16.5. The monoisotopic (exact) mass is 308 g/mol. The molecule has 0 aromatic heterocycles. The first-order chi connectivity index (χ1) is 10.4. The van der Waals surface area contributed by atoms with Crippen LogP contribution in [0.1, 0.15) is 49.9 Å². The largest absolute Gasteiger partial charge is 0.299 e. The molecule has 0 bridgehead atoms. The molecule has 1 aliphatic carbocycles. The predicted octanol–water partition coefficient (Wildman–Crippen LogP) is 4.69. The van der Waals surface area contributed by atoms with E-state index in [4.69, 9.17) is 0 Å². The Kier molecular flexibility index (Phi) is 7.64. The van der Waals surface area contributed by atoms with Crippen LogP contribution in [0, 0.1) is 11.7 Å². The quantitative estimate of drug-likeness (QED) is 0.600. The molecule has 0 spiro atoms. The summed E-state index contributed by atoms with van der Waals surface area (Å²) >= 11 is 0. The van der Waals surface area contributed by atoms with Crippen LogP contribution in [0.4, 0.5) is 8.78 Å². The Morgan fingerprint density at radius 1 is 1.14 bits per heavy atom. The van der Waals surface area contributed by atoms with E-state index in [-0.39, 0.29) is 23.3 Å². The van der Waals surface area contributed by atoms with Gasteiger partial charge in [0.1, 0.15) is 17.8 Å². The highest BCUT2D eigenvalue weighted by Gasteiger charge is 2.21. The van der Waals surface area contributed by atoms with Crippen LogP contribution in [0.3, 0.4) is 0 Å². The van der Waals surface area contributed by atoms with E-state index in [1.54, 1.807) is 0 Å². The summed E-state index contributed by atoms with van der Waals surface area (Å²) in [6.07, 6.45) is 5.11. The highest BCUT2D eigenvalue weighted by molar-refractivity contribution is 5.93. The molecule has 0 heterocycles. The SMILES string of the molecule is CC(=O)c1ccc(F)cc1.CCC(=O)[C@H]1CC=CC[C@H](F)C1. The van der Waals surface area contributed by atoms with Crippen LogP contribution in [-0.2, 0) is 4.79 Å². The lowest BCUT2D eigenvalue weighted by atomic mass is 9.94. The van der Waals surface area contributed by atoms with E-state index in [0.29, 0.717) is 24.8 Å². The Hall–Kier alpha value is -1.84. The summed E-state index contributed by atoms with van der Waals surface area (Å²) in [7, 11) is 0. The average Bonchev–Trinajstić information content (AvgIpc) is 2.72. The highest BCUT2D eigenvalue weighted by Crippen LogP contribution is 2.22. The van der Waals surface area contributed by atoms with E-state index in [1.807, 2.05) is 19.1 Å². The number of alkyl halides is 1. The molecule has 0 unspecified atom stereocenters. The molecule has 0 radical (unpaired) electrons. The molecule has 1 aliphatic rings. The third-order valence-electron chi connectivity index (χ3n) is 3.57. The van der Waals surface area contributed by atoms with Gasteiger partial charge in [-0.25, -0.2) is 8.78 Å². The second-order valence-electron chi connectivity index (χ2n) is 5.36. The van der Waals surface area contributed by atoms with Gasteiger partial charge in [0.15, 0.2) is 5.78 Å². The maximum atomic E-state index is 13.0. The van der Waals surface area contributed by atoms with Gasteiger partial charge in [0.2, 0.25) is 0 Å². The number of halogens is 2. The topological polar surface area (TPSA) is 34.1 Å². The number of rotatable bonds is 3. The average molecular weight is 308 g/mol. The van der Waals surface area contributed by atoms with Crippen LogP contribution in [0.15, 0.2) is 36.4 Å². The molecule has 0 saturated heterocycles. The number of benzene rings is 1. The van der Waals surface area contributed by atoms with Crippen molar-refractivity contribution >= 4 is 11.6 Å². The van der Waals surface area contributed by atoms with E-state index in [9.17, 15) is 18.4 Å². The molecule has 1 aromatic rings. The van der Waals surface area contributed by atoms with Crippen LogP contribution in [0.2, 0.25) is 0 Å². The van der Waals surface area contributed by atoms with Crippen molar-refractivity contribution in [1.82, 2.24) is 0 Å². The lowest BCUT2D eigenvalue weighted by Gasteiger charge is -2.12. The molecule has 22 heavy (non-hydrogen) atoms. The number of hydrogen-bond donors (Lipinski definition) is 0. The van der Waals surface area contributed by atoms with Gasteiger partial charge in [-0.1, -0.05) is 19.1 Å². The molecule has 0 aliphatic heterocycles. The van der Waals surface area contributed by atoms with Crippen molar-refractivity contribution in [3.8, 4) is 0 Å². The third kappa shape index (κ3) is 6.29. The van der Waals surface area contributed by atoms with Gasteiger partial charge in [0, 0.05) is 17.9 Å². The maximum absolute atomic E-state index is 13.0. The molecule has 2 nitrogen and oxygen atoms in total. The number of carbonyl (C=O) groups excluding carboxylic acids is 2. The first-order valence-electron chi connectivity index (χ1n) is 7.52. The Balaban J connectivity index is 0.000000224. The molecule has 2 atom stereocenters. The van der Waals surface area contributed by atoms with Gasteiger partial charge >= 0.3 is 0 Å². The van der Waals surface area contributed by atoms with Crippen molar-refractivity contribution in [3.63, 3.8) is 0 Å². The van der Waals surface area contributed by atoms with Crippen molar-refractivity contribution in [1.29, 1.82) is 0 Å². The first-order valence-corrected chi connectivity index (χ1v) is 7.52. The Bertz CT molecular complexity index is 520. The number of hydrogen-bond acceptors (Lipinski definition) is 2. The third-order valence-corrected chi connectivity index (χ3v) is 3.57. The fourth-order valence-corrected chi connectivity index (χ4v) is 2.24. The van der Waals surface area contributed by atoms with E-state index in [2.05, 4.69) is 0 Å². The fraction of sp³-hybridized carbons (Fsp3) is 0.444. The van der Waals surface area contributed by atoms with Gasteiger partial charge in [-0.3, -0.25) is 9.59 Å². The van der Waals surface area contributed by atoms with Crippen LogP contribution < -0.4 is 0 Å². The summed E-state index contributed by atoms with van der Waals surface area (Å²) in [5, 5.41) is 0. The van der Waals surface area contributed by atoms with Gasteiger partial charge in [0.25, 0.3) is 0 Å². The summed E-state index contributed by atoms with van der Waals surface area (Å²) < 4.78 is 25.2. The summed E-state index contributed by atoms with van der Waals surface area (Å²) in [5.41, 5.74) is 0.543. The zero-order valence-electron chi connectivity index (χ0n) is 13.0. The van der Waals surface area contributed by atoms with Crippen molar-refractivity contribution < 1.29 is 18.4 Å². The predicted molar refractivity (Wildman–Crippen MR) is 83.1 cm³/mol. The van der Waals surface area contributed by atoms with E-state index in [1.165, 1.54) is 31.2 Å². The second-order valence-corrected chi connectivity index (χ2v) is 5.36. The number of allylic oxidation sites excluding steroid dienone is 2. The molecule has 0 fully saturated rings. The lowest BCUT2D eigenvalue weighted by Crippen LogP contribution is -2.16. The van der Waals surface area contributed by atoms with Crippen LogP contribution >= 0.6 is 0 Å². The molecule has 0 N–H and O–H groups in total. The smallest absolute Gasteiger partial charge is 0.159 e. The van der Waals surface area contributed by atoms with Crippen molar-refractivity contribution in [2.24, 2.45) is 5.92 Å². The van der Waals surface area contributed by atoms with E-state index < -0.39 is 6.17 Å². The summed E-state index contributed by atoms with van der Waals surface area (Å²) in [4.78, 5) is 21.9. The Labute approximate surface area is 130 Å². The summed E-state index contributed by atoms with van der Waals surface area (Å²) in [6.45, 7) is 3.29. The second kappa shape index (κ2) is 9.23. The number of Topliss-reactive ketones (excluding diaryl/α,β-unsaturated/α-hetero) is 2. The summed E-state index contributed by atoms with van der Waals surface area (Å²) in [5.74, 6) is -0.224. The van der Waals surface area contributed by atoms with Gasteiger partial charge in [-0.15, -0.1) is 0 Å². The molecule has 2 rings (SSSR count). The molecule has 1 aromatic carbocycles. The minimum atomic E-state index is -0.816. The van der Waals surface area contributed by atoms with Gasteiger partial charge in [-0.05, 0) is 50.5 Å². The maximum Gasteiger partial charge on any atom is 0.159 e. The van der Waals surface area contributed by atoms with Gasteiger partial charge < -0.3 is 0 Å². The minimum Gasteiger partial charge on any atom is -0.299 e. The highest BCUT2D eigenvalue weighted by atomic mass is 19.1. The number of carbonyl (C=O) groups is 2. The molecule has 4 heteroatoms. The summed E-state index contributed by atoms with van der Waals surface area (Å²) in [6, 6.07) is 5.49. The standard InChI is InChI=1S/C10H15FO.C8H7FO/c1-2-10(12)8-5-3-4-6-9(11)7-8;1-6(10)7-2-4-8(9)5-3-7/h3-4,8-9H,2,5-7H2,1H3;2-5H,1H3/t8-,9-;/m0./s1. The Morgan fingerprint density at radius 3 is 2.27 bits per heavy atom. The fourth-order valence-electron chi connectivity index (χ4n) is 2.24. The molecular formula is C18H22F2O2. The molecule has 120 valence electrons. The zero-order valence-corrected chi connectivity index (χ0v) is 13.0. The van der Waals surface area contributed by atoms with Crippen LogP contribution in [-0.4, -0.2) is 17.7 Å². The van der Waals surface area contributed by atoms with Gasteiger partial charge in [-0.2, -0.15) is 0 Å². The van der Waals surface area contributed by atoms with E-state index >= 15 is 0 Å². The molecular weight excluding hydrogens is 286 g/mol. The van der Waals surface area contributed by atoms with Crippen molar-refractivity contribution in [3.05, 3.63) is 47.8 Å². The van der Waals surface area contributed by atoms with Crippen LogP contribution in [0.5, 0.6) is 0 Å². The van der Waals surface area contributed by atoms with Gasteiger partial charge in [0.05, 0.1) is 0 Å². The normalized spacial score (nSPS) is 20.5. The number of ketones is 2. The Morgan fingerprint density at radius 2 is 1.73 bits per heavy atom. The van der Waals surface area contributed by atoms with Crippen molar-refractivity contribution in [2.45, 2.75) is 45.7 Å².